The van der Waals surface area contributed by atoms with Crippen LogP contribution in [0.1, 0.15) is 51.1 Å². The summed E-state index contributed by atoms with van der Waals surface area (Å²) >= 11 is 0. The summed E-state index contributed by atoms with van der Waals surface area (Å²) in [5, 5.41) is 12.1. The van der Waals surface area contributed by atoms with Gasteiger partial charge in [0.25, 0.3) is 0 Å². The SMILES string of the molecule is CC(C)n1c(-c2ccc(C(F)(F)F)cc2)nc2c(NCCC(=O)O)nc(N3CCCCC3)nc21. The van der Waals surface area contributed by atoms with Crippen LogP contribution >= 0.6 is 0 Å². The standard InChI is InChI=1S/C23H27F3N6O2/c1-14(2)32-20(15-6-8-16(9-7-15)23(24,25)26)28-18-19(27-11-10-17(33)34)29-22(30-21(18)32)31-12-4-3-5-13-31/h6-9,14H,3-5,10-13H2,1-2H3,(H,33,34)(H,27,29,30). The second kappa shape index (κ2) is 9.47. The molecule has 0 bridgehead atoms. The number of carboxylic acids is 1. The van der Waals surface area contributed by atoms with Gasteiger partial charge in [-0.1, -0.05) is 12.1 Å². The van der Waals surface area contributed by atoms with E-state index in [0.717, 1.165) is 44.5 Å². The molecule has 11 heteroatoms. The summed E-state index contributed by atoms with van der Waals surface area (Å²) in [4.78, 5) is 27.3. The molecule has 1 aliphatic rings. The molecule has 34 heavy (non-hydrogen) atoms. The van der Waals surface area contributed by atoms with E-state index in [1.165, 1.54) is 12.1 Å². The van der Waals surface area contributed by atoms with Crippen molar-refractivity contribution >= 4 is 28.9 Å². The minimum Gasteiger partial charge on any atom is -0.481 e. The third kappa shape index (κ3) is 4.92. The van der Waals surface area contributed by atoms with E-state index < -0.39 is 17.7 Å². The molecule has 0 amide bonds. The molecule has 1 saturated heterocycles. The second-order valence-corrected chi connectivity index (χ2v) is 8.64. The number of aliphatic carboxylic acids is 1. The normalized spacial score (nSPS) is 14.7. The van der Waals surface area contributed by atoms with Gasteiger partial charge in [0.15, 0.2) is 17.0 Å². The Morgan fingerprint density at radius 2 is 1.76 bits per heavy atom. The molecule has 0 spiro atoms. The number of alkyl halides is 3. The maximum absolute atomic E-state index is 13.1. The quantitative estimate of drug-likeness (QED) is 0.497. The van der Waals surface area contributed by atoms with Crippen molar-refractivity contribution in [2.45, 2.75) is 51.7 Å². The summed E-state index contributed by atoms with van der Waals surface area (Å²) in [7, 11) is 0. The third-order valence-electron chi connectivity index (χ3n) is 5.78. The van der Waals surface area contributed by atoms with Crippen molar-refractivity contribution < 1.29 is 23.1 Å². The summed E-state index contributed by atoms with van der Waals surface area (Å²) in [6.07, 6.45) is -1.31. The zero-order valence-corrected chi connectivity index (χ0v) is 19.1. The molecule has 3 heterocycles. The van der Waals surface area contributed by atoms with E-state index in [1.807, 2.05) is 18.4 Å². The number of benzene rings is 1. The molecule has 0 unspecified atom stereocenters. The van der Waals surface area contributed by atoms with Gasteiger partial charge in [0.05, 0.1) is 12.0 Å². The zero-order valence-electron chi connectivity index (χ0n) is 19.1. The number of aromatic nitrogens is 4. The Hall–Kier alpha value is -3.37. The van der Waals surface area contributed by atoms with Crippen molar-refractivity contribution in [1.29, 1.82) is 0 Å². The van der Waals surface area contributed by atoms with Gasteiger partial charge in [-0.05, 0) is 45.2 Å². The molecule has 0 radical (unpaired) electrons. The fourth-order valence-corrected chi connectivity index (χ4v) is 4.11. The molecule has 8 nitrogen and oxygen atoms in total. The molecule has 1 aromatic carbocycles. The fourth-order valence-electron chi connectivity index (χ4n) is 4.11. The highest BCUT2D eigenvalue weighted by atomic mass is 19.4. The highest BCUT2D eigenvalue weighted by molar-refractivity contribution is 5.88. The maximum atomic E-state index is 13.1. The highest BCUT2D eigenvalue weighted by Gasteiger charge is 2.30. The summed E-state index contributed by atoms with van der Waals surface area (Å²) < 4.78 is 41.0. The molecular formula is C23H27F3N6O2. The predicted molar refractivity (Wildman–Crippen MR) is 123 cm³/mol. The first-order chi connectivity index (χ1) is 16.1. The first kappa shape index (κ1) is 23.8. The average Bonchev–Trinajstić information content (AvgIpc) is 3.19. The van der Waals surface area contributed by atoms with Crippen LogP contribution in [0.2, 0.25) is 0 Å². The minimum atomic E-state index is -4.42. The molecule has 3 aromatic rings. The number of imidazole rings is 1. The zero-order chi connectivity index (χ0) is 24.5. The van der Waals surface area contributed by atoms with Crippen LogP contribution in [0.25, 0.3) is 22.6 Å². The molecule has 2 N–H and O–H groups in total. The van der Waals surface area contributed by atoms with E-state index in [4.69, 9.17) is 15.1 Å². The van der Waals surface area contributed by atoms with Gasteiger partial charge in [-0.25, -0.2) is 4.98 Å². The minimum absolute atomic E-state index is 0.0849. The number of hydrogen-bond donors (Lipinski definition) is 2. The number of fused-ring (bicyclic) bond motifs is 1. The van der Waals surface area contributed by atoms with Gasteiger partial charge >= 0.3 is 12.1 Å². The Kier molecular flexibility index (Phi) is 6.63. The Labute approximate surface area is 194 Å². The van der Waals surface area contributed by atoms with Crippen molar-refractivity contribution in [2.24, 2.45) is 0 Å². The van der Waals surface area contributed by atoms with Crippen LogP contribution in [0.5, 0.6) is 0 Å². The van der Waals surface area contributed by atoms with E-state index in [-0.39, 0.29) is 19.0 Å². The lowest BCUT2D eigenvalue weighted by molar-refractivity contribution is -0.138. The van der Waals surface area contributed by atoms with E-state index in [1.54, 1.807) is 0 Å². The van der Waals surface area contributed by atoms with Crippen molar-refractivity contribution in [3.8, 4) is 11.4 Å². The van der Waals surface area contributed by atoms with E-state index >= 15 is 0 Å². The first-order valence-corrected chi connectivity index (χ1v) is 11.3. The van der Waals surface area contributed by atoms with Gasteiger partial charge < -0.3 is 19.9 Å². The van der Waals surface area contributed by atoms with Gasteiger partial charge in [-0.15, -0.1) is 0 Å². The van der Waals surface area contributed by atoms with E-state index in [0.29, 0.717) is 34.3 Å². The third-order valence-corrected chi connectivity index (χ3v) is 5.78. The highest BCUT2D eigenvalue weighted by Crippen LogP contribution is 2.34. The first-order valence-electron chi connectivity index (χ1n) is 11.3. The van der Waals surface area contributed by atoms with Crippen molar-refractivity contribution in [3.63, 3.8) is 0 Å². The van der Waals surface area contributed by atoms with Crippen LogP contribution < -0.4 is 10.2 Å². The molecule has 0 aliphatic carbocycles. The molecule has 4 rings (SSSR count). The number of rotatable bonds is 7. The summed E-state index contributed by atoms with van der Waals surface area (Å²) in [6.45, 7) is 5.71. The second-order valence-electron chi connectivity index (χ2n) is 8.64. The number of carboxylic acid groups (broad SMARTS) is 1. The number of hydrogen-bond acceptors (Lipinski definition) is 6. The van der Waals surface area contributed by atoms with Crippen LogP contribution in [-0.4, -0.2) is 50.2 Å². The fraction of sp³-hybridized carbons (Fsp3) is 0.478. The van der Waals surface area contributed by atoms with E-state index in [2.05, 4.69) is 15.2 Å². The summed E-state index contributed by atoms with van der Waals surface area (Å²) in [6, 6.07) is 4.80. The lowest BCUT2D eigenvalue weighted by atomic mass is 10.1. The molecular weight excluding hydrogens is 449 g/mol. The lowest BCUT2D eigenvalue weighted by Gasteiger charge is -2.27. The molecule has 182 valence electrons. The Balaban J connectivity index is 1.84. The van der Waals surface area contributed by atoms with E-state index in [9.17, 15) is 18.0 Å². The van der Waals surface area contributed by atoms with Crippen LogP contribution in [-0.2, 0) is 11.0 Å². The summed E-state index contributed by atoms with van der Waals surface area (Å²) in [5.41, 5.74) is 0.801. The molecule has 0 saturated carbocycles. The lowest BCUT2D eigenvalue weighted by Crippen LogP contribution is -2.31. The predicted octanol–water partition coefficient (Wildman–Crippen LogP) is 4.97. The van der Waals surface area contributed by atoms with Crippen LogP contribution in [0.15, 0.2) is 24.3 Å². The number of piperidine rings is 1. The molecule has 2 aromatic heterocycles. The maximum Gasteiger partial charge on any atom is 0.416 e. The van der Waals surface area contributed by atoms with Crippen molar-refractivity contribution in [3.05, 3.63) is 29.8 Å². The summed E-state index contributed by atoms with van der Waals surface area (Å²) in [5.74, 6) is 0.488. The van der Waals surface area contributed by atoms with Gasteiger partial charge in [0.2, 0.25) is 5.95 Å². The molecule has 1 fully saturated rings. The van der Waals surface area contributed by atoms with Gasteiger partial charge in [-0.3, -0.25) is 4.79 Å². The average molecular weight is 477 g/mol. The van der Waals surface area contributed by atoms with Crippen LogP contribution in [0.3, 0.4) is 0 Å². The number of anilines is 2. The Morgan fingerprint density at radius 1 is 1.09 bits per heavy atom. The van der Waals surface area contributed by atoms with Gasteiger partial charge in [0.1, 0.15) is 5.82 Å². The Bertz CT molecular complexity index is 1170. The number of halogens is 3. The molecule has 1 aliphatic heterocycles. The van der Waals surface area contributed by atoms with Crippen molar-refractivity contribution in [1.82, 2.24) is 19.5 Å². The Morgan fingerprint density at radius 3 is 2.35 bits per heavy atom. The van der Waals surface area contributed by atoms with Gasteiger partial charge in [0, 0.05) is 31.2 Å². The smallest absolute Gasteiger partial charge is 0.416 e. The van der Waals surface area contributed by atoms with Gasteiger partial charge in [-0.2, -0.15) is 23.1 Å². The van der Waals surface area contributed by atoms with Crippen LogP contribution in [0.4, 0.5) is 24.9 Å². The van der Waals surface area contributed by atoms with Crippen LogP contribution in [0, 0.1) is 0 Å². The number of nitrogens with one attached hydrogen (secondary N) is 1. The monoisotopic (exact) mass is 476 g/mol. The topological polar surface area (TPSA) is 96.2 Å². The number of nitrogens with zero attached hydrogens (tertiary/aromatic N) is 5. The molecule has 0 atom stereocenters. The largest absolute Gasteiger partial charge is 0.481 e. The number of carbonyl (C=O) groups is 1. The van der Waals surface area contributed by atoms with Crippen molar-refractivity contribution in [2.75, 3.05) is 29.9 Å².